The molecule has 0 bridgehead atoms. The first kappa shape index (κ1) is 21.2. The maximum absolute atomic E-state index is 12.4. The number of morpholine rings is 1. The van der Waals surface area contributed by atoms with E-state index in [4.69, 9.17) is 4.74 Å². The van der Waals surface area contributed by atoms with Gasteiger partial charge in [0, 0.05) is 26.1 Å². The van der Waals surface area contributed by atoms with Crippen molar-refractivity contribution in [3.8, 4) is 0 Å². The molecule has 0 saturated carbocycles. The van der Waals surface area contributed by atoms with Crippen molar-refractivity contribution in [3.63, 3.8) is 0 Å². The Morgan fingerprint density at radius 3 is 2.55 bits per heavy atom. The van der Waals surface area contributed by atoms with E-state index in [9.17, 15) is 13.2 Å². The van der Waals surface area contributed by atoms with Crippen LogP contribution in [0.3, 0.4) is 0 Å². The van der Waals surface area contributed by atoms with E-state index in [0.717, 1.165) is 30.0 Å². The normalized spacial score (nSPS) is 14.6. The SMILES string of the molecule is Cc1ccc(S(=O)(=O)NCCC(=O)Nc2ccc(N3CCOCC3)nc2)cc1C. The summed E-state index contributed by atoms with van der Waals surface area (Å²) < 4.78 is 32.5. The van der Waals surface area contributed by atoms with Crippen molar-refractivity contribution in [2.75, 3.05) is 43.1 Å². The van der Waals surface area contributed by atoms with Crippen molar-refractivity contribution in [1.29, 1.82) is 0 Å². The first-order valence-corrected chi connectivity index (χ1v) is 11.0. The Bertz CT molecular complexity index is 955. The molecular weight excluding hydrogens is 392 g/mol. The average molecular weight is 419 g/mol. The van der Waals surface area contributed by atoms with Gasteiger partial charge in [-0.3, -0.25) is 4.79 Å². The summed E-state index contributed by atoms with van der Waals surface area (Å²) in [5.74, 6) is 0.557. The lowest BCUT2D eigenvalue weighted by atomic mass is 10.1. The highest BCUT2D eigenvalue weighted by Gasteiger charge is 2.15. The molecule has 8 nitrogen and oxygen atoms in total. The molecule has 0 aliphatic carbocycles. The number of pyridine rings is 1. The van der Waals surface area contributed by atoms with Crippen molar-refractivity contribution in [3.05, 3.63) is 47.7 Å². The van der Waals surface area contributed by atoms with Gasteiger partial charge in [0.1, 0.15) is 5.82 Å². The Labute approximate surface area is 171 Å². The number of benzene rings is 1. The van der Waals surface area contributed by atoms with E-state index < -0.39 is 10.0 Å². The molecule has 9 heteroatoms. The second kappa shape index (κ2) is 9.34. The van der Waals surface area contributed by atoms with Crippen molar-refractivity contribution in [1.82, 2.24) is 9.71 Å². The van der Waals surface area contributed by atoms with Crippen LogP contribution in [0.5, 0.6) is 0 Å². The third kappa shape index (κ3) is 5.75. The van der Waals surface area contributed by atoms with Crippen LogP contribution in [0.4, 0.5) is 11.5 Å². The van der Waals surface area contributed by atoms with Gasteiger partial charge in [-0.1, -0.05) is 6.07 Å². The molecule has 2 N–H and O–H groups in total. The molecule has 0 unspecified atom stereocenters. The van der Waals surface area contributed by atoms with E-state index in [1.54, 1.807) is 30.5 Å². The number of rotatable bonds is 7. The van der Waals surface area contributed by atoms with Crippen LogP contribution in [-0.4, -0.2) is 52.2 Å². The van der Waals surface area contributed by atoms with Crippen LogP contribution in [0, 0.1) is 13.8 Å². The minimum absolute atomic E-state index is 0.0143. The van der Waals surface area contributed by atoms with Crippen LogP contribution in [0.15, 0.2) is 41.4 Å². The maximum atomic E-state index is 12.4. The van der Waals surface area contributed by atoms with E-state index >= 15 is 0 Å². The molecule has 1 aromatic carbocycles. The van der Waals surface area contributed by atoms with E-state index in [1.165, 1.54) is 0 Å². The molecule has 156 valence electrons. The molecular formula is C20H26N4O4S. The van der Waals surface area contributed by atoms with Crippen LogP contribution >= 0.6 is 0 Å². The van der Waals surface area contributed by atoms with Gasteiger partial charge in [-0.05, 0) is 49.2 Å². The lowest BCUT2D eigenvalue weighted by Crippen LogP contribution is -2.36. The lowest BCUT2D eigenvalue weighted by molar-refractivity contribution is -0.116. The summed E-state index contributed by atoms with van der Waals surface area (Å²) in [7, 11) is -3.64. The Hall–Kier alpha value is -2.49. The van der Waals surface area contributed by atoms with Gasteiger partial charge in [-0.2, -0.15) is 0 Å². The third-order valence-corrected chi connectivity index (χ3v) is 6.26. The summed E-state index contributed by atoms with van der Waals surface area (Å²) in [5.41, 5.74) is 2.50. The molecule has 1 fully saturated rings. The predicted octanol–water partition coefficient (Wildman–Crippen LogP) is 1.84. The highest BCUT2D eigenvalue weighted by atomic mass is 32.2. The number of aromatic nitrogens is 1. The fraction of sp³-hybridized carbons (Fsp3) is 0.400. The van der Waals surface area contributed by atoms with Gasteiger partial charge in [-0.25, -0.2) is 18.1 Å². The van der Waals surface area contributed by atoms with Crippen molar-refractivity contribution < 1.29 is 17.9 Å². The lowest BCUT2D eigenvalue weighted by Gasteiger charge is -2.27. The van der Waals surface area contributed by atoms with Gasteiger partial charge >= 0.3 is 0 Å². The molecule has 1 aromatic heterocycles. The van der Waals surface area contributed by atoms with E-state index in [0.29, 0.717) is 18.9 Å². The van der Waals surface area contributed by atoms with Gasteiger partial charge in [0.15, 0.2) is 0 Å². The molecule has 2 heterocycles. The zero-order valence-corrected chi connectivity index (χ0v) is 17.5. The summed E-state index contributed by atoms with van der Waals surface area (Å²) in [6.45, 7) is 6.74. The largest absolute Gasteiger partial charge is 0.378 e. The van der Waals surface area contributed by atoms with Crippen LogP contribution < -0.4 is 14.9 Å². The Morgan fingerprint density at radius 1 is 1.14 bits per heavy atom. The van der Waals surface area contributed by atoms with Crippen molar-refractivity contribution in [2.45, 2.75) is 25.2 Å². The molecule has 0 radical (unpaired) electrons. The summed E-state index contributed by atoms with van der Waals surface area (Å²) in [5, 5.41) is 2.74. The van der Waals surface area contributed by atoms with Crippen molar-refractivity contribution >= 4 is 27.4 Å². The standard InChI is InChI=1S/C20H26N4O4S/c1-15-3-5-18(13-16(15)2)29(26,27)22-8-7-20(25)23-17-4-6-19(21-14-17)24-9-11-28-12-10-24/h3-6,13-14,22H,7-12H2,1-2H3,(H,23,25). The topological polar surface area (TPSA) is 101 Å². The van der Waals surface area contributed by atoms with Gasteiger partial charge in [0.25, 0.3) is 0 Å². The third-order valence-electron chi connectivity index (χ3n) is 4.80. The first-order valence-electron chi connectivity index (χ1n) is 9.51. The van der Waals surface area contributed by atoms with E-state index in [-0.39, 0.29) is 23.8 Å². The second-order valence-electron chi connectivity index (χ2n) is 6.95. The molecule has 3 rings (SSSR count). The van der Waals surface area contributed by atoms with Gasteiger partial charge in [0.05, 0.1) is 30.0 Å². The molecule has 1 aliphatic heterocycles. The van der Waals surface area contributed by atoms with Crippen LogP contribution in [0.1, 0.15) is 17.5 Å². The minimum atomic E-state index is -3.64. The van der Waals surface area contributed by atoms with Gasteiger partial charge < -0.3 is 15.0 Å². The van der Waals surface area contributed by atoms with E-state index in [1.807, 2.05) is 19.9 Å². The molecule has 1 saturated heterocycles. The molecule has 2 aromatic rings. The summed E-state index contributed by atoms with van der Waals surface area (Å²) >= 11 is 0. The Balaban J connectivity index is 1.48. The number of hydrogen-bond donors (Lipinski definition) is 2. The number of carbonyl (C=O) groups excluding carboxylic acids is 1. The summed E-state index contributed by atoms with van der Waals surface area (Å²) in [6, 6.07) is 8.59. The monoisotopic (exact) mass is 418 g/mol. The molecule has 1 aliphatic rings. The molecule has 0 spiro atoms. The van der Waals surface area contributed by atoms with E-state index in [2.05, 4.69) is 19.9 Å². The van der Waals surface area contributed by atoms with Gasteiger partial charge in [0.2, 0.25) is 15.9 Å². The molecule has 1 amide bonds. The maximum Gasteiger partial charge on any atom is 0.240 e. The molecule has 29 heavy (non-hydrogen) atoms. The highest BCUT2D eigenvalue weighted by Crippen LogP contribution is 2.16. The first-order chi connectivity index (χ1) is 13.8. The van der Waals surface area contributed by atoms with Crippen molar-refractivity contribution in [2.24, 2.45) is 0 Å². The average Bonchev–Trinajstić information content (AvgIpc) is 2.71. The molecule has 0 atom stereocenters. The minimum Gasteiger partial charge on any atom is -0.378 e. The fourth-order valence-corrected chi connectivity index (χ4v) is 4.04. The van der Waals surface area contributed by atoms with Crippen LogP contribution in [-0.2, 0) is 19.6 Å². The zero-order chi connectivity index (χ0) is 20.9. The second-order valence-corrected chi connectivity index (χ2v) is 8.71. The fourth-order valence-electron chi connectivity index (χ4n) is 2.93. The number of aryl methyl sites for hydroxylation is 2. The number of hydrogen-bond acceptors (Lipinski definition) is 6. The quantitative estimate of drug-likeness (QED) is 0.712. The number of amides is 1. The summed E-state index contributed by atoms with van der Waals surface area (Å²) in [4.78, 5) is 18.8. The van der Waals surface area contributed by atoms with Crippen LogP contribution in [0.2, 0.25) is 0 Å². The van der Waals surface area contributed by atoms with Crippen LogP contribution in [0.25, 0.3) is 0 Å². The predicted molar refractivity (Wildman–Crippen MR) is 112 cm³/mol. The summed E-state index contributed by atoms with van der Waals surface area (Å²) in [6.07, 6.45) is 1.62. The number of carbonyl (C=O) groups is 1. The smallest absolute Gasteiger partial charge is 0.240 e. The Kier molecular flexibility index (Phi) is 6.83. The number of anilines is 2. The number of nitrogens with one attached hydrogen (secondary N) is 2. The Morgan fingerprint density at radius 2 is 1.90 bits per heavy atom. The van der Waals surface area contributed by atoms with Gasteiger partial charge in [-0.15, -0.1) is 0 Å². The number of sulfonamides is 1. The number of nitrogens with zero attached hydrogens (tertiary/aromatic N) is 2. The zero-order valence-electron chi connectivity index (χ0n) is 16.6. The number of ether oxygens (including phenoxy) is 1. The highest BCUT2D eigenvalue weighted by molar-refractivity contribution is 7.89.